The average Bonchev–Trinajstić information content (AvgIpc) is 2.87. The van der Waals surface area contributed by atoms with Crippen molar-refractivity contribution in [2.45, 2.75) is 38.6 Å². The highest BCUT2D eigenvalue weighted by atomic mass is 16.4. The molecule has 0 atom stereocenters. The molecule has 0 bridgehead atoms. The summed E-state index contributed by atoms with van der Waals surface area (Å²) in [5, 5.41) is 9.33. The summed E-state index contributed by atoms with van der Waals surface area (Å²) in [6.07, 6.45) is 3.98. The van der Waals surface area contributed by atoms with Crippen LogP contribution in [0.3, 0.4) is 0 Å². The van der Waals surface area contributed by atoms with Crippen molar-refractivity contribution in [3.05, 3.63) is 35.9 Å². The van der Waals surface area contributed by atoms with Crippen LogP contribution < -0.4 is 0 Å². The molecule has 21 heavy (non-hydrogen) atoms. The molecule has 1 saturated heterocycles. The Labute approximate surface area is 124 Å². The summed E-state index contributed by atoms with van der Waals surface area (Å²) in [4.78, 5) is 18.3. The van der Waals surface area contributed by atoms with E-state index in [9.17, 15) is 9.90 Å². The van der Waals surface area contributed by atoms with Gasteiger partial charge in [-0.2, -0.15) is 0 Å². The van der Waals surface area contributed by atoms with Crippen molar-refractivity contribution in [3.8, 4) is 0 Å². The van der Waals surface area contributed by atoms with Gasteiger partial charge in [0.25, 0.3) is 0 Å². The molecule has 0 aromatic carbocycles. The molecule has 1 aliphatic rings. The Morgan fingerprint density at radius 1 is 1.33 bits per heavy atom. The topological polar surface area (TPSA) is 57.8 Å². The molecule has 0 amide bonds. The summed E-state index contributed by atoms with van der Waals surface area (Å²) in [6.45, 7) is 6.53. The van der Waals surface area contributed by atoms with Crippen LogP contribution in [0.15, 0.2) is 24.4 Å². The monoisotopic (exact) mass is 287 g/mol. The molecule has 1 N–H and O–H groups in total. The Morgan fingerprint density at radius 3 is 2.67 bits per heavy atom. The number of aromatic nitrogens is 2. The molecule has 0 radical (unpaired) electrons. The molecule has 0 spiro atoms. The molecule has 2 aromatic rings. The van der Waals surface area contributed by atoms with E-state index >= 15 is 0 Å². The largest absolute Gasteiger partial charge is 0.476 e. The fourth-order valence-electron chi connectivity index (χ4n) is 3.18. The van der Waals surface area contributed by atoms with E-state index in [1.165, 1.54) is 0 Å². The number of hydrogen-bond donors (Lipinski definition) is 1. The lowest BCUT2D eigenvalue weighted by molar-refractivity contribution is 0.0693. The summed E-state index contributed by atoms with van der Waals surface area (Å²) >= 11 is 0. The van der Waals surface area contributed by atoms with E-state index in [1.807, 2.05) is 28.8 Å². The molecule has 0 aliphatic carbocycles. The number of carbonyl (C=O) groups is 1. The number of aromatic carboxylic acids is 1. The number of imidazole rings is 1. The Balaban J connectivity index is 1.93. The molecule has 0 saturated carbocycles. The van der Waals surface area contributed by atoms with E-state index in [0.717, 1.165) is 31.8 Å². The van der Waals surface area contributed by atoms with Gasteiger partial charge in [0.1, 0.15) is 5.82 Å². The average molecular weight is 287 g/mol. The Morgan fingerprint density at radius 2 is 2.05 bits per heavy atom. The van der Waals surface area contributed by atoms with Crippen molar-refractivity contribution < 1.29 is 9.90 Å². The molecule has 3 rings (SSSR count). The Hall–Kier alpha value is -1.88. The second kappa shape index (κ2) is 5.48. The predicted molar refractivity (Wildman–Crippen MR) is 80.8 cm³/mol. The molecule has 3 heterocycles. The molecule has 0 unspecified atom stereocenters. The quantitative estimate of drug-likeness (QED) is 0.942. The van der Waals surface area contributed by atoms with Gasteiger partial charge in [-0.15, -0.1) is 0 Å². The first-order valence-corrected chi connectivity index (χ1v) is 7.52. The van der Waals surface area contributed by atoms with Crippen LogP contribution in [-0.4, -0.2) is 44.5 Å². The molecule has 5 heteroatoms. The zero-order chi connectivity index (χ0) is 15.0. The number of piperidine rings is 1. The standard InChI is InChI=1S/C16H21N3O2/c1-11(2)18-9-6-12(7-10-18)15-17-14(16(20)21)13-5-3-4-8-19(13)15/h3-5,8,11-12H,6-7,9-10H2,1-2H3,(H,20,21). The minimum absolute atomic E-state index is 0.164. The summed E-state index contributed by atoms with van der Waals surface area (Å²) in [6, 6.07) is 6.17. The SMILES string of the molecule is CC(C)N1CCC(c2nc(C(=O)O)c3ccccn23)CC1. The zero-order valence-corrected chi connectivity index (χ0v) is 12.5. The predicted octanol–water partition coefficient (Wildman–Crippen LogP) is 2.62. The second-order valence-electron chi connectivity index (χ2n) is 5.98. The summed E-state index contributed by atoms with van der Waals surface area (Å²) < 4.78 is 1.94. The van der Waals surface area contributed by atoms with Crippen LogP contribution in [0.1, 0.15) is 48.9 Å². The van der Waals surface area contributed by atoms with Crippen molar-refractivity contribution in [2.75, 3.05) is 13.1 Å². The molecule has 1 fully saturated rings. The van der Waals surface area contributed by atoms with E-state index in [4.69, 9.17) is 0 Å². The fourth-order valence-corrected chi connectivity index (χ4v) is 3.18. The van der Waals surface area contributed by atoms with E-state index in [0.29, 0.717) is 17.5 Å². The number of nitrogens with zero attached hydrogens (tertiary/aromatic N) is 3. The number of carboxylic acids is 1. The molecule has 2 aromatic heterocycles. The Kier molecular flexibility index (Phi) is 3.68. The summed E-state index contributed by atoms with van der Waals surface area (Å²) in [5.41, 5.74) is 0.850. The van der Waals surface area contributed by atoms with Crippen molar-refractivity contribution in [1.29, 1.82) is 0 Å². The molecular weight excluding hydrogens is 266 g/mol. The third-order valence-corrected chi connectivity index (χ3v) is 4.40. The van der Waals surface area contributed by atoms with Crippen LogP contribution in [0, 0.1) is 0 Å². The first-order chi connectivity index (χ1) is 10.1. The minimum atomic E-state index is -0.954. The van der Waals surface area contributed by atoms with Gasteiger partial charge in [0.05, 0.1) is 5.52 Å². The molecule has 5 nitrogen and oxygen atoms in total. The van der Waals surface area contributed by atoms with Crippen LogP contribution in [0.4, 0.5) is 0 Å². The third kappa shape index (κ3) is 2.53. The molecule has 112 valence electrons. The Bertz CT molecular complexity index is 655. The smallest absolute Gasteiger partial charge is 0.356 e. The number of fused-ring (bicyclic) bond motifs is 1. The molecule has 1 aliphatic heterocycles. The number of likely N-dealkylation sites (tertiary alicyclic amines) is 1. The van der Waals surface area contributed by atoms with E-state index in [1.54, 1.807) is 0 Å². The lowest BCUT2D eigenvalue weighted by Gasteiger charge is -2.34. The van der Waals surface area contributed by atoms with Gasteiger partial charge in [0.2, 0.25) is 0 Å². The maximum atomic E-state index is 11.4. The maximum absolute atomic E-state index is 11.4. The first-order valence-electron chi connectivity index (χ1n) is 7.52. The number of hydrogen-bond acceptors (Lipinski definition) is 3. The lowest BCUT2D eigenvalue weighted by atomic mass is 9.95. The molecular formula is C16H21N3O2. The van der Waals surface area contributed by atoms with Crippen LogP contribution >= 0.6 is 0 Å². The number of pyridine rings is 1. The normalized spacial score (nSPS) is 17.7. The van der Waals surface area contributed by atoms with E-state index in [2.05, 4.69) is 23.7 Å². The van der Waals surface area contributed by atoms with Crippen LogP contribution in [0.25, 0.3) is 5.52 Å². The van der Waals surface area contributed by atoms with Gasteiger partial charge in [0.15, 0.2) is 5.69 Å². The zero-order valence-electron chi connectivity index (χ0n) is 12.5. The van der Waals surface area contributed by atoms with Crippen LogP contribution in [-0.2, 0) is 0 Å². The first kappa shape index (κ1) is 14.1. The van der Waals surface area contributed by atoms with Gasteiger partial charge in [-0.25, -0.2) is 9.78 Å². The van der Waals surface area contributed by atoms with Gasteiger partial charge in [0, 0.05) is 18.2 Å². The minimum Gasteiger partial charge on any atom is -0.476 e. The van der Waals surface area contributed by atoms with Crippen molar-refractivity contribution in [3.63, 3.8) is 0 Å². The van der Waals surface area contributed by atoms with Crippen LogP contribution in [0.2, 0.25) is 0 Å². The summed E-state index contributed by atoms with van der Waals surface area (Å²) in [5.74, 6) is 0.277. The van der Waals surface area contributed by atoms with Gasteiger partial charge < -0.3 is 14.4 Å². The fraction of sp³-hybridized carbons (Fsp3) is 0.500. The maximum Gasteiger partial charge on any atom is 0.356 e. The summed E-state index contributed by atoms with van der Waals surface area (Å²) in [7, 11) is 0. The lowest BCUT2D eigenvalue weighted by Crippen LogP contribution is -2.38. The van der Waals surface area contributed by atoms with Gasteiger partial charge in [-0.3, -0.25) is 0 Å². The third-order valence-electron chi connectivity index (χ3n) is 4.40. The van der Waals surface area contributed by atoms with E-state index in [-0.39, 0.29) is 5.69 Å². The van der Waals surface area contributed by atoms with Crippen molar-refractivity contribution in [2.24, 2.45) is 0 Å². The van der Waals surface area contributed by atoms with Crippen molar-refractivity contribution >= 4 is 11.5 Å². The highest BCUT2D eigenvalue weighted by Gasteiger charge is 2.27. The highest BCUT2D eigenvalue weighted by molar-refractivity contribution is 5.93. The number of carboxylic acid groups (broad SMARTS) is 1. The van der Waals surface area contributed by atoms with E-state index < -0.39 is 5.97 Å². The highest BCUT2D eigenvalue weighted by Crippen LogP contribution is 2.29. The van der Waals surface area contributed by atoms with Crippen LogP contribution in [0.5, 0.6) is 0 Å². The van der Waals surface area contributed by atoms with Gasteiger partial charge in [-0.05, 0) is 51.9 Å². The van der Waals surface area contributed by atoms with Crippen molar-refractivity contribution in [1.82, 2.24) is 14.3 Å². The van der Waals surface area contributed by atoms with Gasteiger partial charge >= 0.3 is 5.97 Å². The number of rotatable bonds is 3. The van der Waals surface area contributed by atoms with Gasteiger partial charge in [-0.1, -0.05) is 6.07 Å². The second-order valence-corrected chi connectivity index (χ2v) is 5.98.